The van der Waals surface area contributed by atoms with Crippen molar-refractivity contribution in [3.63, 3.8) is 0 Å². The van der Waals surface area contributed by atoms with E-state index in [0.717, 1.165) is 5.56 Å². The number of benzene rings is 2. The Bertz CT molecular complexity index is 957. The normalized spacial score (nSPS) is 16.5. The van der Waals surface area contributed by atoms with E-state index in [-0.39, 0.29) is 16.8 Å². The fourth-order valence-corrected chi connectivity index (χ4v) is 4.91. The number of thioether (sulfide) groups is 1. The molecule has 0 aromatic heterocycles. The number of hydrogen-bond donors (Lipinski definition) is 0. The highest BCUT2D eigenvalue weighted by molar-refractivity contribution is 8.04. The van der Waals surface area contributed by atoms with Gasteiger partial charge in [0.2, 0.25) is 0 Å². The molecule has 0 atom stereocenters. The highest BCUT2D eigenvalue weighted by atomic mass is 32.2. The molecule has 0 bridgehead atoms. The highest BCUT2D eigenvalue weighted by Gasteiger charge is 2.38. The first-order valence-corrected chi connectivity index (χ1v) is 10.5. The lowest BCUT2D eigenvalue weighted by atomic mass is 9.63. The monoisotopic (exact) mass is 392 g/mol. The summed E-state index contributed by atoms with van der Waals surface area (Å²) >= 11 is 1.61. The second-order valence-electron chi connectivity index (χ2n) is 8.85. The molecule has 2 nitrogen and oxygen atoms in total. The van der Waals surface area contributed by atoms with E-state index in [1.165, 1.54) is 41.5 Å². The maximum Gasteiger partial charge on any atom is 0.337 e. The lowest BCUT2D eigenvalue weighted by molar-refractivity contribution is 0.0600. The Morgan fingerprint density at radius 2 is 1.68 bits per heavy atom. The van der Waals surface area contributed by atoms with Gasteiger partial charge in [0.15, 0.2) is 0 Å². The van der Waals surface area contributed by atoms with Gasteiger partial charge < -0.3 is 4.74 Å². The standard InChI is InChI=1S/C25H28O2S/c1-17-15-20-22(25(4,5)13-12-24(20,2)3)21(16-17)28-14-11-18-7-9-19(10-8-18)23(26)27-6/h7-10,15-16H,12-13H2,1-6H3. The molecular formula is C25H28O2S. The molecule has 0 N–H and O–H groups in total. The molecule has 0 heterocycles. The van der Waals surface area contributed by atoms with Crippen molar-refractivity contribution in [3.05, 3.63) is 64.2 Å². The smallest absolute Gasteiger partial charge is 0.337 e. The number of esters is 1. The Balaban J connectivity index is 1.92. The third-order valence-corrected chi connectivity index (χ3v) is 6.44. The van der Waals surface area contributed by atoms with Crippen LogP contribution in [0.15, 0.2) is 41.3 Å². The third-order valence-electron chi connectivity index (χ3n) is 5.69. The number of fused-ring (bicyclic) bond motifs is 1. The Hall–Kier alpha value is -2.18. The number of carbonyl (C=O) groups excluding carboxylic acids is 1. The van der Waals surface area contributed by atoms with Crippen molar-refractivity contribution in [2.75, 3.05) is 7.11 Å². The molecule has 0 amide bonds. The van der Waals surface area contributed by atoms with Crippen LogP contribution in [0.3, 0.4) is 0 Å². The molecule has 146 valence electrons. The summed E-state index contributed by atoms with van der Waals surface area (Å²) in [5.74, 6) is 2.88. The van der Waals surface area contributed by atoms with Crippen LogP contribution in [0.25, 0.3) is 0 Å². The Labute approximate surface area is 173 Å². The minimum absolute atomic E-state index is 0.157. The molecule has 0 aliphatic heterocycles. The first kappa shape index (κ1) is 20.6. The molecule has 3 heteroatoms. The van der Waals surface area contributed by atoms with Gasteiger partial charge >= 0.3 is 5.97 Å². The van der Waals surface area contributed by atoms with Crippen molar-refractivity contribution < 1.29 is 9.53 Å². The van der Waals surface area contributed by atoms with E-state index in [1.54, 1.807) is 23.9 Å². The van der Waals surface area contributed by atoms with E-state index in [9.17, 15) is 4.79 Å². The third kappa shape index (κ3) is 4.13. The van der Waals surface area contributed by atoms with Crippen molar-refractivity contribution in [2.45, 2.75) is 63.2 Å². The zero-order valence-electron chi connectivity index (χ0n) is 17.6. The van der Waals surface area contributed by atoms with Crippen LogP contribution in [0.4, 0.5) is 0 Å². The predicted molar refractivity (Wildman–Crippen MR) is 117 cm³/mol. The van der Waals surface area contributed by atoms with Crippen LogP contribution in [0.5, 0.6) is 0 Å². The first-order valence-electron chi connectivity index (χ1n) is 9.66. The van der Waals surface area contributed by atoms with Crippen LogP contribution < -0.4 is 0 Å². The summed E-state index contributed by atoms with van der Waals surface area (Å²) in [4.78, 5) is 12.8. The van der Waals surface area contributed by atoms with Crippen molar-refractivity contribution in [3.8, 4) is 11.2 Å². The summed E-state index contributed by atoms with van der Waals surface area (Å²) in [6, 6.07) is 11.8. The molecule has 0 fully saturated rings. The van der Waals surface area contributed by atoms with Gasteiger partial charge in [0.05, 0.1) is 12.7 Å². The van der Waals surface area contributed by atoms with Crippen LogP contribution in [0.2, 0.25) is 0 Å². The fraction of sp³-hybridized carbons (Fsp3) is 0.400. The lowest BCUT2D eigenvalue weighted by Gasteiger charge is -2.43. The van der Waals surface area contributed by atoms with Gasteiger partial charge in [-0.2, -0.15) is 0 Å². The second-order valence-corrected chi connectivity index (χ2v) is 9.70. The van der Waals surface area contributed by atoms with Crippen molar-refractivity contribution in [1.82, 2.24) is 0 Å². The van der Waals surface area contributed by atoms with Gasteiger partial charge in [0.1, 0.15) is 0 Å². The average Bonchev–Trinajstić information content (AvgIpc) is 2.65. The van der Waals surface area contributed by atoms with Gasteiger partial charge in [0.25, 0.3) is 0 Å². The molecule has 0 radical (unpaired) electrons. The molecule has 28 heavy (non-hydrogen) atoms. The Morgan fingerprint density at radius 3 is 2.32 bits per heavy atom. The average molecular weight is 393 g/mol. The number of aryl methyl sites for hydroxylation is 1. The van der Waals surface area contributed by atoms with Gasteiger partial charge in [-0.15, -0.1) is 0 Å². The summed E-state index contributed by atoms with van der Waals surface area (Å²) in [6.07, 6.45) is 2.39. The number of methoxy groups -OCH3 is 1. The van der Waals surface area contributed by atoms with Crippen molar-refractivity contribution in [2.24, 2.45) is 0 Å². The van der Waals surface area contributed by atoms with Gasteiger partial charge in [0, 0.05) is 10.5 Å². The van der Waals surface area contributed by atoms with E-state index in [0.29, 0.717) is 5.56 Å². The molecular weight excluding hydrogens is 364 g/mol. The number of rotatable bonds is 2. The van der Waals surface area contributed by atoms with E-state index >= 15 is 0 Å². The van der Waals surface area contributed by atoms with Gasteiger partial charge in [-0.3, -0.25) is 0 Å². The first-order chi connectivity index (χ1) is 13.1. The minimum atomic E-state index is -0.329. The van der Waals surface area contributed by atoms with E-state index in [1.807, 2.05) is 12.1 Å². The zero-order chi connectivity index (χ0) is 20.5. The van der Waals surface area contributed by atoms with Gasteiger partial charge in [-0.25, -0.2) is 4.79 Å². The number of carbonyl (C=O) groups is 1. The highest BCUT2D eigenvalue weighted by Crippen LogP contribution is 2.49. The van der Waals surface area contributed by atoms with Crippen LogP contribution in [-0.2, 0) is 15.6 Å². The molecule has 0 unspecified atom stereocenters. The van der Waals surface area contributed by atoms with Crippen LogP contribution in [0.1, 0.15) is 73.1 Å². The molecule has 2 aromatic carbocycles. The maximum atomic E-state index is 11.5. The van der Waals surface area contributed by atoms with Crippen LogP contribution in [0, 0.1) is 18.1 Å². The minimum Gasteiger partial charge on any atom is -0.465 e. The summed E-state index contributed by atoms with van der Waals surface area (Å²) in [7, 11) is 1.39. The van der Waals surface area contributed by atoms with E-state index in [4.69, 9.17) is 4.74 Å². The van der Waals surface area contributed by atoms with E-state index < -0.39 is 0 Å². The SMILES string of the molecule is COC(=O)c1ccc(C#CSc2cc(C)cc3c2C(C)(C)CCC3(C)C)cc1. The van der Waals surface area contributed by atoms with Crippen molar-refractivity contribution in [1.29, 1.82) is 0 Å². The fourth-order valence-electron chi connectivity index (χ4n) is 3.90. The molecule has 2 aromatic rings. The Morgan fingerprint density at radius 1 is 1.04 bits per heavy atom. The Kier molecular flexibility index (Phi) is 5.64. The molecule has 0 saturated carbocycles. The molecule has 0 spiro atoms. The van der Waals surface area contributed by atoms with Gasteiger partial charge in [-0.05, 0) is 94.6 Å². The van der Waals surface area contributed by atoms with Crippen LogP contribution >= 0.6 is 11.8 Å². The summed E-state index contributed by atoms with van der Waals surface area (Å²) < 4.78 is 4.74. The predicted octanol–water partition coefficient (Wildman–Crippen LogP) is 6.23. The lowest BCUT2D eigenvalue weighted by Crippen LogP contribution is -2.34. The van der Waals surface area contributed by atoms with Crippen LogP contribution in [-0.4, -0.2) is 13.1 Å². The number of ether oxygens (including phenoxy) is 1. The topological polar surface area (TPSA) is 26.3 Å². The van der Waals surface area contributed by atoms with Crippen molar-refractivity contribution >= 4 is 17.7 Å². The zero-order valence-corrected chi connectivity index (χ0v) is 18.4. The van der Waals surface area contributed by atoms with Gasteiger partial charge in [-0.1, -0.05) is 39.7 Å². The maximum absolute atomic E-state index is 11.5. The van der Waals surface area contributed by atoms with E-state index in [2.05, 4.69) is 57.9 Å². The molecule has 0 saturated heterocycles. The summed E-state index contributed by atoms with van der Waals surface area (Å²) in [5.41, 5.74) is 5.99. The molecule has 1 aliphatic rings. The second kappa shape index (κ2) is 7.68. The summed E-state index contributed by atoms with van der Waals surface area (Å²) in [6.45, 7) is 11.6. The quantitative estimate of drug-likeness (QED) is 0.344. The number of hydrogen-bond acceptors (Lipinski definition) is 3. The largest absolute Gasteiger partial charge is 0.465 e. The molecule has 1 aliphatic carbocycles. The summed E-state index contributed by atoms with van der Waals surface area (Å²) in [5, 5.41) is 3.27. The molecule has 3 rings (SSSR count).